The molecule has 3 atom stereocenters. The first-order valence-electron chi connectivity index (χ1n) is 8.37. The van der Waals surface area contributed by atoms with Gasteiger partial charge in [-0.3, -0.25) is 0 Å². The predicted octanol–water partition coefficient (Wildman–Crippen LogP) is 3.95. The van der Waals surface area contributed by atoms with Crippen molar-refractivity contribution < 1.29 is 23.7 Å². The van der Waals surface area contributed by atoms with Crippen LogP contribution in [-0.2, 0) is 4.74 Å². The van der Waals surface area contributed by atoms with Crippen molar-refractivity contribution in [3.63, 3.8) is 0 Å². The first-order valence-corrected chi connectivity index (χ1v) is 8.37. The predicted molar refractivity (Wildman–Crippen MR) is 92.6 cm³/mol. The lowest BCUT2D eigenvalue weighted by atomic mass is 9.75. The molecule has 0 amide bonds. The fourth-order valence-corrected chi connectivity index (χ4v) is 3.66. The van der Waals surface area contributed by atoms with Gasteiger partial charge in [0.05, 0.1) is 7.11 Å². The fourth-order valence-electron chi connectivity index (χ4n) is 3.66. The van der Waals surface area contributed by atoms with Crippen LogP contribution >= 0.6 is 0 Å². The van der Waals surface area contributed by atoms with E-state index < -0.39 is 5.79 Å². The molecule has 0 N–H and O–H groups in total. The number of fused-ring (bicyclic) bond motifs is 2. The summed E-state index contributed by atoms with van der Waals surface area (Å²) in [7, 11) is 3.35. The Hall–Kier alpha value is -2.40. The standard InChI is InChI=1S/C20H22O5/c1-12-19(13-5-7-14(21-3)8-6-13)15-9-17-18(24-11-23-17)10-16(15)25-20(12,2)22-4/h5-10,12,19H,11H2,1-4H3. The zero-order chi connectivity index (χ0) is 17.6. The number of hydrogen-bond donors (Lipinski definition) is 0. The van der Waals surface area contributed by atoms with Crippen molar-refractivity contribution in [2.45, 2.75) is 25.6 Å². The lowest BCUT2D eigenvalue weighted by Gasteiger charge is -2.44. The molecular weight excluding hydrogens is 320 g/mol. The Morgan fingerprint density at radius 3 is 2.32 bits per heavy atom. The van der Waals surface area contributed by atoms with Crippen LogP contribution in [0.5, 0.6) is 23.0 Å². The number of benzene rings is 2. The fraction of sp³-hybridized carbons (Fsp3) is 0.400. The Kier molecular flexibility index (Phi) is 3.76. The summed E-state index contributed by atoms with van der Waals surface area (Å²) in [6, 6.07) is 12.1. The lowest BCUT2D eigenvalue weighted by molar-refractivity contribution is -0.194. The van der Waals surface area contributed by atoms with E-state index in [-0.39, 0.29) is 18.6 Å². The maximum absolute atomic E-state index is 6.22. The van der Waals surface area contributed by atoms with Crippen LogP contribution < -0.4 is 18.9 Å². The summed E-state index contributed by atoms with van der Waals surface area (Å²) in [5.41, 5.74) is 2.26. The molecular formula is C20H22O5. The molecule has 0 saturated heterocycles. The second-order valence-electron chi connectivity index (χ2n) is 6.60. The van der Waals surface area contributed by atoms with Crippen LogP contribution in [-0.4, -0.2) is 26.8 Å². The van der Waals surface area contributed by atoms with Gasteiger partial charge in [-0.1, -0.05) is 19.1 Å². The van der Waals surface area contributed by atoms with E-state index in [1.165, 1.54) is 5.56 Å². The average Bonchev–Trinajstić information content (AvgIpc) is 3.09. The molecule has 0 radical (unpaired) electrons. The number of methoxy groups -OCH3 is 2. The third-order valence-corrected chi connectivity index (χ3v) is 5.36. The summed E-state index contributed by atoms with van der Waals surface area (Å²) in [6.45, 7) is 4.36. The molecule has 25 heavy (non-hydrogen) atoms. The van der Waals surface area contributed by atoms with Gasteiger partial charge in [0, 0.05) is 37.5 Å². The van der Waals surface area contributed by atoms with E-state index in [0.29, 0.717) is 5.75 Å². The zero-order valence-corrected chi connectivity index (χ0v) is 14.9. The zero-order valence-electron chi connectivity index (χ0n) is 14.9. The summed E-state index contributed by atoms with van der Waals surface area (Å²) in [5, 5.41) is 0. The van der Waals surface area contributed by atoms with Crippen LogP contribution in [0.15, 0.2) is 36.4 Å². The first-order chi connectivity index (χ1) is 12.1. The third-order valence-electron chi connectivity index (χ3n) is 5.36. The SMILES string of the molecule is COc1ccc(C2c3cc4c(cc3OC(C)(OC)C2C)OCO4)cc1. The average molecular weight is 342 g/mol. The molecule has 0 aliphatic carbocycles. The Morgan fingerprint density at radius 2 is 1.68 bits per heavy atom. The monoisotopic (exact) mass is 342 g/mol. The highest BCUT2D eigenvalue weighted by Crippen LogP contribution is 2.52. The Balaban J connectivity index is 1.86. The van der Waals surface area contributed by atoms with Crippen molar-refractivity contribution in [3.05, 3.63) is 47.5 Å². The molecule has 2 aromatic rings. The van der Waals surface area contributed by atoms with E-state index in [4.69, 9.17) is 23.7 Å². The van der Waals surface area contributed by atoms with Crippen molar-refractivity contribution >= 4 is 0 Å². The van der Waals surface area contributed by atoms with Crippen molar-refractivity contribution in [2.24, 2.45) is 5.92 Å². The minimum Gasteiger partial charge on any atom is -0.497 e. The van der Waals surface area contributed by atoms with Crippen molar-refractivity contribution in [2.75, 3.05) is 21.0 Å². The van der Waals surface area contributed by atoms with Gasteiger partial charge in [-0.05, 0) is 23.8 Å². The van der Waals surface area contributed by atoms with Crippen molar-refractivity contribution in [1.82, 2.24) is 0 Å². The van der Waals surface area contributed by atoms with Gasteiger partial charge < -0.3 is 23.7 Å². The smallest absolute Gasteiger partial charge is 0.231 e. The molecule has 0 aromatic heterocycles. The van der Waals surface area contributed by atoms with E-state index in [2.05, 4.69) is 19.1 Å². The molecule has 0 fully saturated rings. The van der Waals surface area contributed by atoms with Crippen LogP contribution in [0.2, 0.25) is 0 Å². The molecule has 5 heteroatoms. The molecule has 2 heterocycles. The van der Waals surface area contributed by atoms with Gasteiger partial charge in [0.2, 0.25) is 12.6 Å². The molecule has 132 valence electrons. The summed E-state index contributed by atoms with van der Waals surface area (Å²) < 4.78 is 28.3. The normalized spacial score (nSPS) is 26.7. The van der Waals surface area contributed by atoms with Gasteiger partial charge in [-0.15, -0.1) is 0 Å². The van der Waals surface area contributed by atoms with Gasteiger partial charge in [-0.2, -0.15) is 0 Å². The molecule has 2 aromatic carbocycles. The molecule has 2 aliphatic heterocycles. The minimum atomic E-state index is -0.731. The molecule has 0 bridgehead atoms. The van der Waals surface area contributed by atoms with Crippen LogP contribution in [0, 0.1) is 5.92 Å². The Labute approximate surface area is 147 Å². The number of ether oxygens (including phenoxy) is 5. The van der Waals surface area contributed by atoms with Gasteiger partial charge in [0.25, 0.3) is 0 Å². The maximum atomic E-state index is 6.22. The molecule has 4 rings (SSSR count). The van der Waals surface area contributed by atoms with E-state index in [9.17, 15) is 0 Å². The van der Waals surface area contributed by atoms with Gasteiger partial charge in [0.1, 0.15) is 11.5 Å². The Morgan fingerprint density at radius 1 is 1.00 bits per heavy atom. The highest BCUT2D eigenvalue weighted by molar-refractivity contribution is 5.56. The quantitative estimate of drug-likeness (QED) is 0.845. The molecule has 5 nitrogen and oxygen atoms in total. The van der Waals surface area contributed by atoms with Crippen LogP contribution in [0.1, 0.15) is 30.9 Å². The van der Waals surface area contributed by atoms with Gasteiger partial charge in [0.15, 0.2) is 11.5 Å². The molecule has 2 aliphatic rings. The van der Waals surface area contributed by atoms with Crippen molar-refractivity contribution in [3.8, 4) is 23.0 Å². The van der Waals surface area contributed by atoms with E-state index in [1.807, 2.05) is 31.2 Å². The van der Waals surface area contributed by atoms with E-state index in [0.717, 1.165) is 22.8 Å². The number of hydrogen-bond acceptors (Lipinski definition) is 5. The summed E-state index contributed by atoms with van der Waals surface area (Å²) in [5.74, 6) is 2.55. The summed E-state index contributed by atoms with van der Waals surface area (Å²) in [4.78, 5) is 0. The van der Waals surface area contributed by atoms with E-state index >= 15 is 0 Å². The van der Waals surface area contributed by atoms with Crippen LogP contribution in [0.4, 0.5) is 0 Å². The highest BCUT2D eigenvalue weighted by Gasteiger charge is 2.46. The molecule has 0 saturated carbocycles. The van der Waals surface area contributed by atoms with E-state index in [1.54, 1.807) is 14.2 Å². The highest BCUT2D eigenvalue weighted by atomic mass is 16.7. The van der Waals surface area contributed by atoms with Crippen molar-refractivity contribution in [1.29, 1.82) is 0 Å². The number of rotatable bonds is 3. The summed E-state index contributed by atoms with van der Waals surface area (Å²) in [6.07, 6.45) is 0. The van der Waals surface area contributed by atoms with Crippen LogP contribution in [0.25, 0.3) is 0 Å². The summed E-state index contributed by atoms with van der Waals surface area (Å²) >= 11 is 0. The van der Waals surface area contributed by atoms with Gasteiger partial charge in [-0.25, -0.2) is 0 Å². The first kappa shape index (κ1) is 16.1. The molecule has 0 spiro atoms. The lowest BCUT2D eigenvalue weighted by Crippen LogP contribution is -2.47. The third kappa shape index (κ3) is 2.50. The topological polar surface area (TPSA) is 46.2 Å². The second kappa shape index (κ2) is 5.85. The minimum absolute atomic E-state index is 0.0961. The van der Waals surface area contributed by atoms with Crippen LogP contribution in [0.3, 0.4) is 0 Å². The second-order valence-corrected chi connectivity index (χ2v) is 6.60. The van der Waals surface area contributed by atoms with Gasteiger partial charge >= 0.3 is 0 Å². The maximum Gasteiger partial charge on any atom is 0.231 e. The molecule has 3 unspecified atom stereocenters. The largest absolute Gasteiger partial charge is 0.497 e. The Bertz CT molecular complexity index is 785.